The van der Waals surface area contributed by atoms with Crippen LogP contribution in [0.25, 0.3) is 6.08 Å². The van der Waals surface area contributed by atoms with Crippen molar-refractivity contribution in [2.75, 3.05) is 5.32 Å². The second-order valence-electron chi connectivity index (χ2n) is 6.48. The number of amides is 2. The maximum atomic E-state index is 12.1. The molecule has 1 aliphatic carbocycles. The number of benzene rings is 1. The van der Waals surface area contributed by atoms with Gasteiger partial charge in [-0.3, -0.25) is 9.59 Å². The van der Waals surface area contributed by atoms with Gasteiger partial charge in [0.2, 0.25) is 0 Å². The van der Waals surface area contributed by atoms with Crippen molar-refractivity contribution >= 4 is 40.4 Å². The van der Waals surface area contributed by atoms with E-state index in [1.807, 2.05) is 43.3 Å². The highest BCUT2D eigenvalue weighted by Crippen LogP contribution is 2.37. The van der Waals surface area contributed by atoms with Crippen LogP contribution in [-0.4, -0.2) is 18.0 Å². The summed E-state index contributed by atoms with van der Waals surface area (Å²) in [4.78, 5) is 25.3. The largest absolute Gasteiger partial charge is 0.329 e. The summed E-state index contributed by atoms with van der Waals surface area (Å²) in [5.41, 5.74) is 5.54. The quantitative estimate of drug-likeness (QED) is 0.472. The molecule has 0 saturated heterocycles. The number of carbonyl (C=O) groups is 2. The van der Waals surface area contributed by atoms with E-state index in [9.17, 15) is 14.9 Å². The molecule has 0 fully saturated rings. The summed E-state index contributed by atoms with van der Waals surface area (Å²) in [5, 5.41) is 16.2. The second-order valence-corrected chi connectivity index (χ2v) is 7.58. The molecule has 0 saturated carbocycles. The average molecular weight is 392 g/mol. The highest BCUT2D eigenvalue weighted by Gasteiger charge is 2.23. The van der Waals surface area contributed by atoms with Gasteiger partial charge in [0.1, 0.15) is 11.1 Å². The Morgan fingerprint density at radius 2 is 1.93 bits per heavy atom. The van der Waals surface area contributed by atoms with E-state index in [0.29, 0.717) is 10.6 Å². The smallest absolute Gasteiger partial charge is 0.308 e. The number of hydrogen-bond acceptors (Lipinski definition) is 5. The highest BCUT2D eigenvalue weighted by atomic mass is 32.1. The summed E-state index contributed by atoms with van der Waals surface area (Å²) in [6.45, 7) is 1.85. The molecular weight excluding hydrogens is 372 g/mol. The van der Waals surface area contributed by atoms with Gasteiger partial charge in [0, 0.05) is 4.88 Å². The van der Waals surface area contributed by atoms with Gasteiger partial charge in [-0.2, -0.15) is 10.4 Å². The molecule has 6 nitrogen and oxygen atoms in total. The number of carbonyl (C=O) groups excluding carboxylic acids is 2. The van der Waals surface area contributed by atoms with Crippen LogP contribution in [0.4, 0.5) is 5.00 Å². The van der Waals surface area contributed by atoms with Gasteiger partial charge in [-0.15, -0.1) is 11.3 Å². The Kier molecular flexibility index (Phi) is 6.35. The Labute approximate surface area is 167 Å². The van der Waals surface area contributed by atoms with Gasteiger partial charge >= 0.3 is 11.8 Å². The van der Waals surface area contributed by atoms with E-state index in [4.69, 9.17) is 0 Å². The predicted octanol–water partition coefficient (Wildman–Crippen LogP) is 3.64. The zero-order valence-corrected chi connectivity index (χ0v) is 16.3. The molecule has 2 N–H and O–H groups in total. The highest BCUT2D eigenvalue weighted by molar-refractivity contribution is 7.16. The summed E-state index contributed by atoms with van der Waals surface area (Å²) in [7, 11) is 0. The maximum absolute atomic E-state index is 12.1. The molecule has 1 aliphatic rings. The molecule has 28 heavy (non-hydrogen) atoms. The Morgan fingerprint density at radius 3 is 2.68 bits per heavy atom. The first-order valence-corrected chi connectivity index (χ1v) is 9.82. The topological polar surface area (TPSA) is 94.3 Å². The molecule has 1 aromatic heterocycles. The Balaban J connectivity index is 1.60. The van der Waals surface area contributed by atoms with Crippen LogP contribution in [-0.2, 0) is 22.4 Å². The van der Waals surface area contributed by atoms with Crippen molar-refractivity contribution in [1.29, 1.82) is 5.26 Å². The van der Waals surface area contributed by atoms with E-state index >= 15 is 0 Å². The summed E-state index contributed by atoms with van der Waals surface area (Å²) >= 11 is 1.38. The molecule has 0 bridgehead atoms. The molecular formula is C21H20N4O2S. The Morgan fingerprint density at radius 1 is 1.18 bits per heavy atom. The number of nitrogens with zero attached hydrogens (tertiary/aromatic N) is 2. The molecule has 2 aromatic rings. The van der Waals surface area contributed by atoms with E-state index in [2.05, 4.69) is 21.9 Å². The van der Waals surface area contributed by atoms with Crippen molar-refractivity contribution < 1.29 is 9.59 Å². The molecule has 0 radical (unpaired) electrons. The fourth-order valence-electron chi connectivity index (χ4n) is 3.03. The fourth-order valence-corrected chi connectivity index (χ4v) is 4.26. The number of thiophene rings is 1. The number of anilines is 1. The first-order chi connectivity index (χ1) is 13.6. The number of allylic oxidation sites excluding steroid dienone is 1. The van der Waals surface area contributed by atoms with Gasteiger partial charge in [-0.05, 0) is 49.3 Å². The van der Waals surface area contributed by atoms with E-state index in [0.717, 1.165) is 47.3 Å². The summed E-state index contributed by atoms with van der Waals surface area (Å²) < 4.78 is 0. The Bertz CT molecular complexity index is 984. The van der Waals surface area contributed by atoms with Gasteiger partial charge in [0.05, 0.1) is 11.8 Å². The number of nitriles is 1. The SMILES string of the molecule is CC(/C=N\NC(=O)C(=O)Nc1sc2c(c1C#N)CCCC2)=C/c1ccccc1. The van der Waals surface area contributed by atoms with E-state index in [-0.39, 0.29) is 0 Å². The lowest BCUT2D eigenvalue weighted by Crippen LogP contribution is -2.32. The fraction of sp³-hybridized carbons (Fsp3) is 0.238. The first-order valence-electron chi connectivity index (χ1n) is 9.01. The number of aryl methyl sites for hydroxylation is 1. The minimum Gasteiger partial charge on any atom is -0.308 e. The van der Waals surface area contributed by atoms with Crippen molar-refractivity contribution in [3.8, 4) is 6.07 Å². The standard InChI is InChI=1S/C21H20N4O2S/c1-14(11-15-7-3-2-4-8-15)13-23-25-20(27)19(26)24-21-17(12-22)16-9-5-6-10-18(16)28-21/h2-4,7-8,11,13H,5-6,9-10H2,1H3,(H,24,26)(H,25,27)/b14-11-,23-13-. The lowest BCUT2D eigenvalue weighted by molar-refractivity contribution is -0.136. The van der Waals surface area contributed by atoms with Crippen molar-refractivity contribution in [1.82, 2.24) is 5.43 Å². The number of fused-ring (bicyclic) bond motifs is 1. The molecule has 142 valence electrons. The third-order valence-corrected chi connectivity index (χ3v) is 5.55. The molecule has 0 atom stereocenters. The predicted molar refractivity (Wildman–Crippen MR) is 111 cm³/mol. The normalized spacial score (nSPS) is 13.6. The van der Waals surface area contributed by atoms with E-state index < -0.39 is 11.8 Å². The first kappa shape index (κ1) is 19.5. The van der Waals surface area contributed by atoms with Crippen LogP contribution in [0.2, 0.25) is 0 Å². The van der Waals surface area contributed by atoms with Crippen molar-refractivity contribution in [2.45, 2.75) is 32.6 Å². The summed E-state index contributed by atoms with van der Waals surface area (Å²) in [5.74, 6) is -1.71. The van der Waals surface area contributed by atoms with Crippen LogP contribution in [0.3, 0.4) is 0 Å². The molecule has 3 rings (SSSR count). The zero-order valence-electron chi connectivity index (χ0n) is 15.5. The molecule has 1 aromatic carbocycles. The molecule has 2 amide bonds. The van der Waals surface area contributed by atoms with Crippen molar-refractivity contribution in [2.24, 2.45) is 5.10 Å². The van der Waals surface area contributed by atoms with Gasteiger partial charge in [0.15, 0.2) is 0 Å². The van der Waals surface area contributed by atoms with Crippen LogP contribution in [0.15, 0.2) is 41.0 Å². The molecule has 0 aliphatic heterocycles. The number of hydrazone groups is 1. The van der Waals surface area contributed by atoms with Gasteiger partial charge < -0.3 is 5.32 Å². The van der Waals surface area contributed by atoms with Crippen molar-refractivity contribution in [3.63, 3.8) is 0 Å². The van der Waals surface area contributed by atoms with Crippen LogP contribution in [0.5, 0.6) is 0 Å². The summed E-state index contributed by atoms with van der Waals surface area (Å²) in [6, 6.07) is 11.9. The number of hydrogen-bond donors (Lipinski definition) is 2. The zero-order chi connectivity index (χ0) is 19.9. The van der Waals surface area contributed by atoms with Crippen LogP contribution in [0.1, 0.15) is 41.3 Å². The van der Waals surface area contributed by atoms with Gasteiger partial charge in [-0.1, -0.05) is 36.4 Å². The number of nitrogens with one attached hydrogen (secondary N) is 2. The average Bonchev–Trinajstić information content (AvgIpc) is 3.05. The van der Waals surface area contributed by atoms with Crippen LogP contribution >= 0.6 is 11.3 Å². The third-order valence-electron chi connectivity index (χ3n) is 4.34. The Hall–Kier alpha value is -3.24. The lowest BCUT2D eigenvalue weighted by Gasteiger charge is -2.09. The van der Waals surface area contributed by atoms with Gasteiger partial charge in [-0.25, -0.2) is 5.43 Å². The minimum atomic E-state index is -0.876. The van der Waals surface area contributed by atoms with Gasteiger partial charge in [0.25, 0.3) is 0 Å². The maximum Gasteiger partial charge on any atom is 0.329 e. The molecule has 7 heteroatoms. The second kappa shape index (κ2) is 9.11. The van der Waals surface area contributed by atoms with Crippen LogP contribution < -0.4 is 10.7 Å². The molecule has 1 heterocycles. The summed E-state index contributed by atoms with van der Waals surface area (Å²) in [6.07, 6.45) is 7.25. The lowest BCUT2D eigenvalue weighted by atomic mass is 9.96. The molecule has 0 spiro atoms. The van der Waals surface area contributed by atoms with E-state index in [1.165, 1.54) is 17.6 Å². The number of rotatable bonds is 4. The van der Waals surface area contributed by atoms with Crippen molar-refractivity contribution in [3.05, 3.63) is 57.5 Å². The monoisotopic (exact) mass is 392 g/mol. The minimum absolute atomic E-state index is 0.443. The van der Waals surface area contributed by atoms with E-state index in [1.54, 1.807) is 0 Å². The third kappa shape index (κ3) is 4.72. The van der Waals surface area contributed by atoms with Crippen LogP contribution in [0, 0.1) is 11.3 Å². The molecule has 0 unspecified atom stereocenters.